The number of benzene rings is 2. The van der Waals surface area contributed by atoms with Crippen molar-refractivity contribution in [3.63, 3.8) is 0 Å². The highest BCUT2D eigenvalue weighted by atomic mass is 79.9. The van der Waals surface area contributed by atoms with E-state index < -0.39 is 0 Å². The number of thioether (sulfide) groups is 1. The number of hydrogen-bond donors (Lipinski definition) is 1. The summed E-state index contributed by atoms with van der Waals surface area (Å²) in [6.07, 6.45) is 0. The highest BCUT2D eigenvalue weighted by Crippen LogP contribution is 2.29. The van der Waals surface area contributed by atoms with Crippen LogP contribution in [0.1, 0.15) is 11.4 Å². The summed E-state index contributed by atoms with van der Waals surface area (Å²) in [4.78, 5) is 12.2. The van der Waals surface area contributed by atoms with Gasteiger partial charge in [-0.3, -0.25) is 4.79 Å². The Morgan fingerprint density at radius 3 is 2.77 bits per heavy atom. The summed E-state index contributed by atoms with van der Waals surface area (Å²) >= 11 is 10.7. The van der Waals surface area contributed by atoms with Gasteiger partial charge in [-0.2, -0.15) is 0 Å². The molecular weight excluding hydrogens is 492 g/mol. The Morgan fingerprint density at radius 1 is 1.23 bits per heavy atom. The molecule has 3 aromatic rings. The van der Waals surface area contributed by atoms with Gasteiger partial charge in [0.25, 0.3) is 0 Å². The van der Waals surface area contributed by atoms with Crippen LogP contribution < -0.4 is 14.8 Å². The van der Waals surface area contributed by atoms with Crippen molar-refractivity contribution in [3.05, 3.63) is 57.3 Å². The molecule has 0 aliphatic rings. The molecule has 10 heteroatoms. The maximum Gasteiger partial charge on any atom is 0.234 e. The molecule has 2 aromatic carbocycles. The molecule has 0 atom stereocenters. The van der Waals surface area contributed by atoms with Crippen LogP contribution in [0, 0.1) is 6.92 Å². The number of aromatic nitrogens is 3. The van der Waals surface area contributed by atoms with Crippen LogP contribution in [0.3, 0.4) is 0 Å². The number of ether oxygens (including phenoxy) is 2. The summed E-state index contributed by atoms with van der Waals surface area (Å²) in [5.74, 6) is 1.96. The summed E-state index contributed by atoms with van der Waals surface area (Å²) in [5, 5.41) is 12.3. The van der Waals surface area contributed by atoms with E-state index >= 15 is 0 Å². The standard InChI is InChI=1S/C20H20BrClN4O3S/c1-12-4-7-16(17(8-12)28-3)29-10-18-24-25-20(26(18)2)30-11-19(27)23-13-5-6-14(21)15(22)9-13/h4-9H,10-11H2,1-3H3,(H,23,27). The van der Waals surface area contributed by atoms with Gasteiger partial charge in [-0.15, -0.1) is 10.2 Å². The van der Waals surface area contributed by atoms with Gasteiger partial charge in [0.05, 0.1) is 17.9 Å². The van der Waals surface area contributed by atoms with Gasteiger partial charge < -0.3 is 19.4 Å². The number of carbonyl (C=O) groups is 1. The first-order valence-corrected chi connectivity index (χ1v) is 11.1. The molecule has 3 rings (SSSR count). The summed E-state index contributed by atoms with van der Waals surface area (Å²) in [5.41, 5.74) is 1.72. The van der Waals surface area contributed by atoms with Gasteiger partial charge in [0.2, 0.25) is 5.91 Å². The second kappa shape index (κ2) is 10.2. The zero-order valence-corrected chi connectivity index (χ0v) is 19.8. The third-order valence-electron chi connectivity index (χ3n) is 4.14. The molecule has 0 saturated carbocycles. The lowest BCUT2D eigenvalue weighted by molar-refractivity contribution is -0.113. The molecule has 1 amide bonds. The SMILES string of the molecule is COc1cc(C)ccc1OCc1nnc(SCC(=O)Nc2ccc(Br)c(Cl)c2)n1C. The molecule has 158 valence electrons. The van der Waals surface area contributed by atoms with E-state index in [9.17, 15) is 4.79 Å². The van der Waals surface area contributed by atoms with E-state index in [0.29, 0.717) is 33.2 Å². The fraction of sp³-hybridized carbons (Fsp3) is 0.250. The number of rotatable bonds is 8. The molecular formula is C20H20BrClN4O3S. The van der Waals surface area contributed by atoms with Crippen molar-refractivity contribution in [1.29, 1.82) is 0 Å². The second-order valence-electron chi connectivity index (χ2n) is 6.37. The number of amides is 1. The van der Waals surface area contributed by atoms with Crippen LogP contribution in [-0.4, -0.2) is 33.5 Å². The average Bonchev–Trinajstić information content (AvgIpc) is 3.07. The van der Waals surface area contributed by atoms with E-state index in [-0.39, 0.29) is 18.3 Å². The lowest BCUT2D eigenvalue weighted by Gasteiger charge is -2.11. The van der Waals surface area contributed by atoms with E-state index in [1.54, 1.807) is 29.9 Å². The average molecular weight is 512 g/mol. The van der Waals surface area contributed by atoms with Crippen LogP contribution in [0.2, 0.25) is 5.02 Å². The quantitative estimate of drug-likeness (QED) is 0.435. The molecule has 7 nitrogen and oxygen atoms in total. The predicted octanol–water partition coefficient (Wildman–Crippen LogP) is 4.86. The Bertz CT molecular complexity index is 1060. The molecule has 0 saturated heterocycles. The maximum atomic E-state index is 12.2. The van der Waals surface area contributed by atoms with Crippen LogP contribution in [0.25, 0.3) is 0 Å². The second-order valence-corrected chi connectivity index (χ2v) is 8.57. The molecule has 1 aromatic heterocycles. The van der Waals surface area contributed by atoms with Crippen LogP contribution in [0.15, 0.2) is 46.0 Å². The van der Waals surface area contributed by atoms with Gasteiger partial charge in [-0.05, 0) is 58.7 Å². The third-order valence-corrected chi connectivity index (χ3v) is 6.39. The van der Waals surface area contributed by atoms with Crippen molar-refractivity contribution >= 4 is 50.9 Å². The highest BCUT2D eigenvalue weighted by molar-refractivity contribution is 9.10. The zero-order valence-electron chi connectivity index (χ0n) is 16.6. The molecule has 1 N–H and O–H groups in total. The molecule has 0 bridgehead atoms. The topological polar surface area (TPSA) is 78.3 Å². The normalized spacial score (nSPS) is 10.7. The van der Waals surface area contributed by atoms with E-state index in [1.807, 2.05) is 32.2 Å². The molecule has 0 spiro atoms. The van der Waals surface area contributed by atoms with E-state index in [0.717, 1.165) is 10.0 Å². The highest BCUT2D eigenvalue weighted by Gasteiger charge is 2.13. The van der Waals surface area contributed by atoms with Crippen LogP contribution >= 0.6 is 39.3 Å². The number of carbonyl (C=O) groups excluding carboxylic acids is 1. The van der Waals surface area contributed by atoms with E-state index in [1.165, 1.54) is 11.8 Å². The number of hydrogen-bond acceptors (Lipinski definition) is 6. The lowest BCUT2D eigenvalue weighted by atomic mass is 10.2. The van der Waals surface area contributed by atoms with Gasteiger partial charge in [-0.1, -0.05) is 29.4 Å². The summed E-state index contributed by atoms with van der Waals surface area (Å²) in [7, 11) is 3.44. The third kappa shape index (κ3) is 5.68. The number of aryl methyl sites for hydroxylation is 1. The lowest BCUT2D eigenvalue weighted by Crippen LogP contribution is -2.14. The van der Waals surface area contributed by atoms with Gasteiger partial charge >= 0.3 is 0 Å². The smallest absolute Gasteiger partial charge is 0.234 e. The van der Waals surface area contributed by atoms with E-state index in [2.05, 4.69) is 31.4 Å². The number of methoxy groups -OCH3 is 1. The minimum atomic E-state index is -0.163. The molecule has 0 radical (unpaired) electrons. The molecule has 0 fully saturated rings. The number of nitrogens with one attached hydrogen (secondary N) is 1. The van der Waals surface area contributed by atoms with Crippen molar-refractivity contribution in [2.24, 2.45) is 7.05 Å². The van der Waals surface area contributed by atoms with Gasteiger partial charge in [-0.25, -0.2) is 0 Å². The number of anilines is 1. The van der Waals surface area contributed by atoms with Crippen molar-refractivity contribution in [3.8, 4) is 11.5 Å². The van der Waals surface area contributed by atoms with E-state index in [4.69, 9.17) is 21.1 Å². The Morgan fingerprint density at radius 2 is 2.03 bits per heavy atom. The summed E-state index contributed by atoms with van der Waals surface area (Å²) in [6.45, 7) is 2.22. The first-order chi connectivity index (χ1) is 14.4. The van der Waals surface area contributed by atoms with Gasteiger partial charge in [0.1, 0.15) is 6.61 Å². The summed E-state index contributed by atoms with van der Waals surface area (Å²) in [6, 6.07) is 11.0. The largest absolute Gasteiger partial charge is 0.493 e. The van der Waals surface area contributed by atoms with Crippen molar-refractivity contribution in [1.82, 2.24) is 14.8 Å². The zero-order chi connectivity index (χ0) is 21.7. The predicted molar refractivity (Wildman–Crippen MR) is 122 cm³/mol. The first kappa shape index (κ1) is 22.5. The molecule has 0 unspecified atom stereocenters. The van der Waals surface area contributed by atoms with Crippen molar-refractivity contribution in [2.75, 3.05) is 18.2 Å². The molecule has 1 heterocycles. The van der Waals surface area contributed by atoms with Crippen molar-refractivity contribution < 1.29 is 14.3 Å². The van der Waals surface area contributed by atoms with Gasteiger partial charge in [0.15, 0.2) is 22.5 Å². The van der Waals surface area contributed by atoms with Crippen LogP contribution in [0.4, 0.5) is 5.69 Å². The number of nitrogens with zero attached hydrogens (tertiary/aromatic N) is 3. The Hall–Kier alpha value is -2.23. The number of halogens is 2. The molecule has 30 heavy (non-hydrogen) atoms. The maximum absolute atomic E-state index is 12.2. The van der Waals surface area contributed by atoms with Crippen molar-refractivity contribution in [2.45, 2.75) is 18.7 Å². The first-order valence-electron chi connectivity index (χ1n) is 8.90. The Labute approximate surface area is 192 Å². The fourth-order valence-corrected chi connectivity index (χ4v) is 3.69. The molecule has 0 aliphatic carbocycles. The Kier molecular flexibility index (Phi) is 7.63. The monoisotopic (exact) mass is 510 g/mol. The summed E-state index contributed by atoms with van der Waals surface area (Å²) < 4.78 is 13.8. The van der Waals surface area contributed by atoms with Crippen LogP contribution in [-0.2, 0) is 18.4 Å². The Balaban J connectivity index is 1.56. The van der Waals surface area contributed by atoms with Gasteiger partial charge in [0, 0.05) is 17.2 Å². The van der Waals surface area contributed by atoms with Crippen LogP contribution in [0.5, 0.6) is 11.5 Å². The minimum absolute atomic E-state index is 0.163. The minimum Gasteiger partial charge on any atom is -0.493 e. The fourth-order valence-electron chi connectivity index (χ4n) is 2.53. The molecule has 0 aliphatic heterocycles.